The summed E-state index contributed by atoms with van der Waals surface area (Å²) >= 11 is 0. The van der Waals surface area contributed by atoms with E-state index >= 15 is 0 Å². The molecule has 0 aromatic carbocycles. The van der Waals surface area contributed by atoms with Crippen molar-refractivity contribution >= 4 is 18.3 Å². The molecule has 0 aliphatic heterocycles. The van der Waals surface area contributed by atoms with Gasteiger partial charge in [0.05, 0.1) is 6.26 Å². The van der Waals surface area contributed by atoms with E-state index in [0.29, 0.717) is 18.6 Å². The van der Waals surface area contributed by atoms with Crippen molar-refractivity contribution in [3.05, 3.63) is 24.2 Å². The summed E-state index contributed by atoms with van der Waals surface area (Å²) in [5.41, 5.74) is -0.983. The molecule has 1 atom stereocenters. The Morgan fingerprint density at radius 1 is 1.31 bits per heavy atom. The third-order valence-electron chi connectivity index (χ3n) is 4.94. The third kappa shape index (κ3) is 5.34. The van der Waals surface area contributed by atoms with Gasteiger partial charge < -0.3 is 24.6 Å². The zero-order valence-electron chi connectivity index (χ0n) is 15.5. The zero-order valence-corrected chi connectivity index (χ0v) is 15.5. The fraction of sp³-hybridized carbons (Fsp3) is 0.632. The number of nitrogens with one attached hydrogen (secondary N) is 2. The molecule has 2 amide bonds. The van der Waals surface area contributed by atoms with Gasteiger partial charge in [-0.25, -0.2) is 4.79 Å². The largest absolute Gasteiger partial charge is 0.466 e. The third-order valence-corrected chi connectivity index (χ3v) is 4.94. The minimum Gasteiger partial charge on any atom is -0.466 e. The van der Waals surface area contributed by atoms with Gasteiger partial charge in [-0.1, -0.05) is 33.1 Å². The van der Waals surface area contributed by atoms with Crippen LogP contribution >= 0.6 is 0 Å². The molecule has 1 heterocycles. The number of aldehydes is 1. The van der Waals surface area contributed by atoms with Crippen LogP contribution in [0.15, 0.2) is 22.8 Å². The molecule has 1 aromatic rings. The summed E-state index contributed by atoms with van der Waals surface area (Å²) < 4.78 is 10.3. The van der Waals surface area contributed by atoms with Crippen molar-refractivity contribution in [1.82, 2.24) is 10.6 Å². The molecular weight excluding hydrogens is 336 g/mol. The number of carbonyl (C=O) groups is 3. The molecule has 0 radical (unpaired) electrons. The highest BCUT2D eigenvalue weighted by Gasteiger charge is 2.41. The van der Waals surface area contributed by atoms with Crippen LogP contribution in [0.2, 0.25) is 0 Å². The van der Waals surface area contributed by atoms with Crippen LogP contribution in [0.25, 0.3) is 0 Å². The van der Waals surface area contributed by atoms with Gasteiger partial charge in [0.15, 0.2) is 6.61 Å². The Bertz CT molecular complexity index is 591. The minimum absolute atomic E-state index is 0.0110. The first-order valence-corrected chi connectivity index (χ1v) is 9.18. The first kappa shape index (κ1) is 20.0. The lowest BCUT2D eigenvalue weighted by atomic mass is 9.80. The van der Waals surface area contributed by atoms with E-state index in [2.05, 4.69) is 10.6 Å². The highest BCUT2D eigenvalue weighted by atomic mass is 16.6. The summed E-state index contributed by atoms with van der Waals surface area (Å²) in [5, 5.41) is 5.60. The average molecular weight is 364 g/mol. The highest BCUT2D eigenvalue weighted by Crippen LogP contribution is 2.29. The van der Waals surface area contributed by atoms with E-state index in [1.807, 2.05) is 13.8 Å². The smallest absolute Gasteiger partial charge is 0.408 e. The van der Waals surface area contributed by atoms with E-state index in [9.17, 15) is 14.4 Å². The van der Waals surface area contributed by atoms with E-state index in [-0.39, 0.29) is 30.9 Å². The van der Waals surface area contributed by atoms with Gasteiger partial charge in [0.1, 0.15) is 17.6 Å². The van der Waals surface area contributed by atoms with Crippen LogP contribution in [0.1, 0.15) is 51.7 Å². The second-order valence-corrected chi connectivity index (χ2v) is 7.18. The molecule has 2 rings (SSSR count). The molecule has 0 spiro atoms. The molecule has 0 unspecified atom stereocenters. The SMILES string of the molecule is CC(C)[C@@H](C=O)CNC(=O)C1(NC(=O)OCc2ccco2)CCCCC1. The molecule has 1 saturated carbocycles. The van der Waals surface area contributed by atoms with Crippen LogP contribution in [0.5, 0.6) is 0 Å². The summed E-state index contributed by atoms with van der Waals surface area (Å²) in [7, 11) is 0. The van der Waals surface area contributed by atoms with E-state index in [1.165, 1.54) is 6.26 Å². The van der Waals surface area contributed by atoms with Crippen LogP contribution in [-0.2, 0) is 20.9 Å². The molecule has 1 aliphatic carbocycles. The Kier molecular flexibility index (Phi) is 7.24. The van der Waals surface area contributed by atoms with E-state index in [1.54, 1.807) is 12.1 Å². The molecule has 0 saturated heterocycles. The van der Waals surface area contributed by atoms with Gasteiger partial charge in [0, 0.05) is 12.5 Å². The Balaban J connectivity index is 1.96. The Morgan fingerprint density at radius 2 is 2.04 bits per heavy atom. The number of furan rings is 1. The second-order valence-electron chi connectivity index (χ2n) is 7.18. The molecule has 1 aliphatic rings. The summed E-state index contributed by atoms with van der Waals surface area (Å²) in [4.78, 5) is 36.2. The number of hydrogen-bond acceptors (Lipinski definition) is 5. The van der Waals surface area contributed by atoms with Crippen molar-refractivity contribution in [1.29, 1.82) is 0 Å². The fourth-order valence-electron chi connectivity index (χ4n) is 3.15. The number of amides is 2. The number of alkyl carbamates (subject to hydrolysis) is 1. The van der Waals surface area contributed by atoms with Gasteiger partial charge in [-0.3, -0.25) is 4.79 Å². The van der Waals surface area contributed by atoms with Crippen molar-refractivity contribution in [3.63, 3.8) is 0 Å². The van der Waals surface area contributed by atoms with Crippen LogP contribution < -0.4 is 10.6 Å². The van der Waals surface area contributed by atoms with Crippen LogP contribution in [-0.4, -0.2) is 30.4 Å². The monoisotopic (exact) mass is 364 g/mol. The molecule has 2 N–H and O–H groups in total. The molecule has 7 heteroatoms. The standard InChI is InChI=1S/C19H28N2O5/c1-14(2)15(12-22)11-20-17(23)19(8-4-3-5-9-19)21-18(24)26-13-16-7-6-10-25-16/h6-7,10,12,14-15H,3-5,8-9,11,13H2,1-2H3,(H,20,23)(H,21,24)/t15-/m1/s1. The van der Waals surface area contributed by atoms with Crippen LogP contribution in [0.3, 0.4) is 0 Å². The summed E-state index contributed by atoms with van der Waals surface area (Å²) in [6.45, 7) is 4.15. The number of carbonyl (C=O) groups excluding carboxylic acids is 3. The Labute approximate surface area is 153 Å². The van der Waals surface area contributed by atoms with Gasteiger partial charge in [0.2, 0.25) is 5.91 Å². The highest BCUT2D eigenvalue weighted by molar-refractivity contribution is 5.90. The minimum atomic E-state index is -0.983. The predicted molar refractivity (Wildman–Crippen MR) is 95.2 cm³/mol. The fourth-order valence-corrected chi connectivity index (χ4v) is 3.15. The summed E-state index contributed by atoms with van der Waals surface area (Å²) in [6.07, 6.45) is 5.58. The predicted octanol–water partition coefficient (Wildman–Crippen LogP) is 2.80. The van der Waals surface area contributed by atoms with Gasteiger partial charge in [-0.2, -0.15) is 0 Å². The van der Waals surface area contributed by atoms with E-state index in [4.69, 9.17) is 9.15 Å². The van der Waals surface area contributed by atoms with Gasteiger partial charge in [-0.15, -0.1) is 0 Å². The molecular formula is C19H28N2O5. The Morgan fingerprint density at radius 3 is 2.62 bits per heavy atom. The van der Waals surface area contributed by atoms with E-state index < -0.39 is 11.6 Å². The maximum atomic E-state index is 12.8. The molecule has 7 nitrogen and oxygen atoms in total. The Hall–Kier alpha value is -2.31. The van der Waals surface area contributed by atoms with Gasteiger partial charge in [-0.05, 0) is 30.9 Å². The summed E-state index contributed by atoms with van der Waals surface area (Å²) in [6, 6.07) is 3.42. The lowest BCUT2D eigenvalue weighted by Crippen LogP contribution is -2.60. The van der Waals surface area contributed by atoms with E-state index in [0.717, 1.165) is 25.5 Å². The number of rotatable bonds is 8. The molecule has 26 heavy (non-hydrogen) atoms. The topological polar surface area (TPSA) is 97.6 Å². The number of ether oxygens (including phenoxy) is 1. The number of hydrogen-bond donors (Lipinski definition) is 2. The zero-order chi connectivity index (χ0) is 19.0. The maximum absolute atomic E-state index is 12.8. The van der Waals surface area contributed by atoms with Crippen molar-refractivity contribution in [2.75, 3.05) is 6.54 Å². The summed E-state index contributed by atoms with van der Waals surface area (Å²) in [5.74, 6) is 0.180. The van der Waals surface area contributed by atoms with Gasteiger partial charge >= 0.3 is 6.09 Å². The maximum Gasteiger partial charge on any atom is 0.408 e. The van der Waals surface area contributed by atoms with Crippen molar-refractivity contribution in [3.8, 4) is 0 Å². The van der Waals surface area contributed by atoms with Crippen molar-refractivity contribution in [2.45, 2.75) is 58.1 Å². The average Bonchev–Trinajstić information content (AvgIpc) is 3.14. The molecule has 1 fully saturated rings. The second kappa shape index (κ2) is 9.40. The molecule has 0 bridgehead atoms. The van der Waals surface area contributed by atoms with Crippen LogP contribution in [0, 0.1) is 11.8 Å². The quantitative estimate of drug-likeness (QED) is 0.691. The first-order valence-electron chi connectivity index (χ1n) is 9.18. The molecule has 1 aromatic heterocycles. The lowest BCUT2D eigenvalue weighted by Gasteiger charge is -2.36. The van der Waals surface area contributed by atoms with Gasteiger partial charge in [0.25, 0.3) is 0 Å². The normalized spacial score (nSPS) is 17.3. The first-order chi connectivity index (χ1) is 12.5. The van der Waals surface area contributed by atoms with Crippen molar-refractivity contribution in [2.24, 2.45) is 11.8 Å². The molecule has 144 valence electrons. The lowest BCUT2D eigenvalue weighted by molar-refractivity contribution is -0.129. The van der Waals surface area contributed by atoms with Crippen LogP contribution in [0.4, 0.5) is 4.79 Å². The van der Waals surface area contributed by atoms with Crippen molar-refractivity contribution < 1.29 is 23.5 Å².